The molecule has 2 aliphatic carbocycles. The van der Waals surface area contributed by atoms with E-state index in [2.05, 4.69) is 224 Å². The molecule has 0 N–H and O–H groups in total. The molecule has 10 aromatic carbocycles. The Hall–Kier alpha value is -8.66. The number of rotatable bonds is 8. The van der Waals surface area contributed by atoms with Gasteiger partial charge in [-0.2, -0.15) is 0 Å². The highest BCUT2D eigenvalue weighted by atomic mass is 16.3. The third-order valence-electron chi connectivity index (χ3n) is 14.7. The van der Waals surface area contributed by atoms with Gasteiger partial charge in [-0.3, -0.25) is 0 Å². The Kier molecular flexibility index (Phi) is 8.47. The number of fused-ring (bicyclic) bond motifs is 17. The van der Waals surface area contributed by atoms with Crippen LogP contribution in [0.25, 0.3) is 94.1 Å². The zero-order valence-corrected chi connectivity index (χ0v) is 37.2. The van der Waals surface area contributed by atoms with E-state index in [0.29, 0.717) is 0 Å². The van der Waals surface area contributed by atoms with Gasteiger partial charge in [-0.1, -0.05) is 164 Å². The fourth-order valence-electron chi connectivity index (χ4n) is 11.8. The summed E-state index contributed by atoms with van der Waals surface area (Å²) in [5, 5.41) is 6.85. The molecule has 14 rings (SSSR count). The Labute approximate surface area is 394 Å². The molecule has 0 aliphatic heterocycles. The van der Waals surface area contributed by atoms with E-state index in [1.807, 2.05) is 12.1 Å². The summed E-state index contributed by atoms with van der Waals surface area (Å²) in [5.74, 6) is 0. The number of para-hydroxylation sites is 1. The van der Waals surface area contributed by atoms with E-state index in [1.165, 1.54) is 55.3 Å². The minimum absolute atomic E-state index is 0.473. The summed E-state index contributed by atoms with van der Waals surface area (Å²) >= 11 is 0. The number of hydrogen-bond acceptors (Lipinski definition) is 3. The van der Waals surface area contributed by atoms with Crippen molar-refractivity contribution < 1.29 is 8.83 Å². The average Bonchev–Trinajstić information content (AvgIpc) is 4.13. The van der Waals surface area contributed by atoms with Crippen LogP contribution in [-0.2, 0) is 5.41 Å². The maximum atomic E-state index is 6.49. The summed E-state index contributed by atoms with van der Waals surface area (Å²) in [5.41, 5.74) is 20.2. The lowest BCUT2D eigenvalue weighted by atomic mass is 9.70. The Balaban J connectivity index is 1.01. The van der Waals surface area contributed by atoms with Crippen LogP contribution in [0.1, 0.15) is 40.7 Å². The van der Waals surface area contributed by atoms with Crippen LogP contribution in [0, 0.1) is 0 Å². The minimum atomic E-state index is -0.473. The Morgan fingerprint density at radius 1 is 0.471 bits per heavy atom. The summed E-state index contributed by atoms with van der Waals surface area (Å²) in [4.78, 5) is 2.52. The molecule has 0 saturated carbocycles. The Morgan fingerprint density at radius 2 is 1.06 bits per heavy atom. The monoisotopic (exact) mass is 869 g/mol. The van der Waals surface area contributed by atoms with Crippen molar-refractivity contribution in [1.29, 1.82) is 0 Å². The molecule has 3 nitrogen and oxygen atoms in total. The number of nitrogens with zero attached hydrogens (tertiary/aromatic N) is 1. The molecule has 68 heavy (non-hydrogen) atoms. The molecule has 0 radical (unpaired) electrons. The molecule has 12 aromatic rings. The molecule has 0 amide bonds. The molecule has 0 fully saturated rings. The zero-order chi connectivity index (χ0) is 44.9. The molecule has 320 valence electrons. The molecule has 3 heteroatoms. The van der Waals surface area contributed by atoms with Crippen molar-refractivity contribution in [3.05, 3.63) is 258 Å². The lowest BCUT2D eigenvalue weighted by Gasteiger charge is -2.32. The second kappa shape index (κ2) is 14.9. The molecule has 0 unspecified atom stereocenters. The summed E-state index contributed by atoms with van der Waals surface area (Å²) < 4.78 is 12.8. The molecular weight excluding hydrogens is 827 g/mol. The Morgan fingerprint density at radius 3 is 1.84 bits per heavy atom. The normalized spacial score (nSPS) is 13.4. The minimum Gasteiger partial charge on any atom is -0.456 e. The van der Waals surface area contributed by atoms with Gasteiger partial charge in [-0.25, -0.2) is 0 Å². The van der Waals surface area contributed by atoms with Gasteiger partial charge in [0, 0.05) is 38.5 Å². The average molecular weight is 870 g/mol. The number of allylic oxidation sites excluding steroid dienone is 2. The van der Waals surface area contributed by atoms with Gasteiger partial charge in [0.05, 0.1) is 11.1 Å². The lowest BCUT2D eigenvalue weighted by Crippen LogP contribution is -2.26. The van der Waals surface area contributed by atoms with Crippen molar-refractivity contribution in [3.8, 4) is 33.4 Å². The first-order valence-corrected chi connectivity index (χ1v) is 23.6. The van der Waals surface area contributed by atoms with Crippen molar-refractivity contribution in [1.82, 2.24) is 0 Å². The van der Waals surface area contributed by atoms with E-state index in [0.717, 1.165) is 90.5 Å². The SMILES string of the molecule is C=CCC/C(=C/c1ccc2oc3cc4ccccc4cc3c2c1)N(c1ccc(-c2cccc3oc4ccccc4c23)cc1)c1cccc2c1-c1ccccc1C21c2ccccc2-c2ccccc21. The van der Waals surface area contributed by atoms with Crippen molar-refractivity contribution in [2.75, 3.05) is 4.90 Å². The fourth-order valence-corrected chi connectivity index (χ4v) is 11.8. The van der Waals surface area contributed by atoms with Gasteiger partial charge in [0.25, 0.3) is 0 Å². The molecule has 2 aliphatic rings. The summed E-state index contributed by atoms with van der Waals surface area (Å²) in [7, 11) is 0. The third-order valence-corrected chi connectivity index (χ3v) is 14.7. The topological polar surface area (TPSA) is 29.5 Å². The van der Waals surface area contributed by atoms with Gasteiger partial charge in [0.2, 0.25) is 0 Å². The number of furan rings is 2. The molecule has 1 spiro atoms. The molecule has 0 atom stereocenters. The molecule has 2 heterocycles. The largest absolute Gasteiger partial charge is 0.456 e. The van der Waals surface area contributed by atoms with Gasteiger partial charge < -0.3 is 13.7 Å². The van der Waals surface area contributed by atoms with Crippen LogP contribution in [0.2, 0.25) is 0 Å². The van der Waals surface area contributed by atoms with E-state index in [4.69, 9.17) is 8.83 Å². The second-order valence-electron chi connectivity index (χ2n) is 18.3. The zero-order valence-electron chi connectivity index (χ0n) is 37.2. The van der Waals surface area contributed by atoms with Gasteiger partial charge in [0.15, 0.2) is 0 Å². The van der Waals surface area contributed by atoms with E-state index in [9.17, 15) is 0 Å². The van der Waals surface area contributed by atoms with E-state index >= 15 is 0 Å². The smallest absolute Gasteiger partial charge is 0.136 e. The maximum Gasteiger partial charge on any atom is 0.136 e. The summed E-state index contributed by atoms with van der Waals surface area (Å²) in [6.07, 6.45) is 5.98. The van der Waals surface area contributed by atoms with E-state index in [-0.39, 0.29) is 0 Å². The van der Waals surface area contributed by atoms with Gasteiger partial charge in [0.1, 0.15) is 22.3 Å². The quantitative estimate of drug-likeness (QED) is 0.143. The predicted octanol–water partition coefficient (Wildman–Crippen LogP) is 17.8. The molecule has 2 aromatic heterocycles. The third kappa shape index (κ3) is 5.53. The lowest BCUT2D eigenvalue weighted by molar-refractivity contribution is 0.669. The maximum absolute atomic E-state index is 6.49. The van der Waals surface area contributed by atoms with Crippen LogP contribution in [-0.4, -0.2) is 0 Å². The van der Waals surface area contributed by atoms with Crippen LogP contribution >= 0.6 is 0 Å². The summed E-state index contributed by atoms with van der Waals surface area (Å²) in [6.45, 7) is 4.24. The summed E-state index contributed by atoms with van der Waals surface area (Å²) in [6, 6.07) is 77.6. The molecule has 0 bridgehead atoms. The molecule has 0 saturated heterocycles. The van der Waals surface area contributed by atoms with Crippen LogP contribution in [0.3, 0.4) is 0 Å². The van der Waals surface area contributed by atoms with E-state index in [1.54, 1.807) is 0 Å². The van der Waals surface area contributed by atoms with Gasteiger partial charge in [-0.05, 0) is 140 Å². The highest BCUT2D eigenvalue weighted by Crippen LogP contribution is 2.64. The van der Waals surface area contributed by atoms with Crippen LogP contribution in [0.5, 0.6) is 0 Å². The Bertz CT molecular complexity index is 4020. The number of benzene rings is 10. The van der Waals surface area contributed by atoms with Crippen LogP contribution in [0.4, 0.5) is 11.4 Å². The molecular formula is C65H43NO2. The first-order valence-electron chi connectivity index (χ1n) is 23.6. The van der Waals surface area contributed by atoms with E-state index < -0.39 is 5.41 Å². The van der Waals surface area contributed by atoms with Crippen LogP contribution in [0.15, 0.2) is 240 Å². The van der Waals surface area contributed by atoms with Crippen LogP contribution < -0.4 is 4.90 Å². The van der Waals surface area contributed by atoms with Crippen molar-refractivity contribution >= 4 is 72.1 Å². The van der Waals surface area contributed by atoms with Crippen molar-refractivity contribution in [3.63, 3.8) is 0 Å². The standard InChI is InChI=1S/C65H43NO2/c1-2-3-18-46(37-41-31-36-60-52(38-41)53-39-43-16-4-5-17-44(43)40-62(53)68-60)66(45-34-32-42(33-35-45)47-23-14-30-61-63(47)51-22-9-13-29-59(51)67-61)58-28-15-27-57-64(58)50-21-8-12-26-56(50)65(57)54-24-10-6-19-48(54)49-20-7-11-25-55(49)65/h2,4-17,19-40H,1,3,18H2/b46-37-. The number of hydrogen-bond donors (Lipinski definition) is 0. The highest BCUT2D eigenvalue weighted by Gasteiger charge is 2.52. The predicted molar refractivity (Wildman–Crippen MR) is 283 cm³/mol. The number of anilines is 2. The second-order valence-corrected chi connectivity index (χ2v) is 18.3. The van der Waals surface area contributed by atoms with Gasteiger partial charge in [-0.15, -0.1) is 6.58 Å². The van der Waals surface area contributed by atoms with Gasteiger partial charge >= 0.3 is 0 Å². The first-order chi connectivity index (χ1) is 33.7. The van der Waals surface area contributed by atoms with Crippen molar-refractivity contribution in [2.45, 2.75) is 18.3 Å². The highest BCUT2D eigenvalue weighted by molar-refractivity contribution is 6.13. The van der Waals surface area contributed by atoms with Crippen molar-refractivity contribution in [2.24, 2.45) is 0 Å². The fraction of sp³-hybridized carbons (Fsp3) is 0.0462. The first kappa shape index (κ1) is 38.6.